The van der Waals surface area contributed by atoms with Gasteiger partial charge < -0.3 is 9.47 Å². The van der Waals surface area contributed by atoms with Crippen LogP contribution >= 0.6 is 0 Å². The summed E-state index contributed by atoms with van der Waals surface area (Å²) in [5.41, 5.74) is 7.63. The summed E-state index contributed by atoms with van der Waals surface area (Å²) in [6.45, 7) is 0.408. The number of hydrogen-bond acceptors (Lipinski definition) is 4. The number of aromatic nitrogens is 3. The Morgan fingerprint density at radius 2 is 1.91 bits per heavy atom. The van der Waals surface area contributed by atoms with Crippen LogP contribution in [0.4, 0.5) is 0 Å². The molecule has 0 saturated carbocycles. The molecular formula is C30H27N3O2. The van der Waals surface area contributed by atoms with E-state index in [1.54, 1.807) is 13.3 Å². The average Bonchev–Trinajstić information content (AvgIpc) is 3.51. The van der Waals surface area contributed by atoms with E-state index < -0.39 is 0 Å². The molecule has 0 bridgehead atoms. The molecule has 0 atom stereocenters. The maximum Gasteiger partial charge on any atom is 0.130 e. The number of aryl methyl sites for hydroxylation is 1. The van der Waals surface area contributed by atoms with Crippen molar-refractivity contribution in [3.63, 3.8) is 0 Å². The predicted molar refractivity (Wildman–Crippen MR) is 142 cm³/mol. The molecule has 0 N–H and O–H groups in total. The zero-order valence-corrected chi connectivity index (χ0v) is 19.9. The summed E-state index contributed by atoms with van der Waals surface area (Å²) in [6, 6.07) is 20.2. The van der Waals surface area contributed by atoms with Crippen LogP contribution in [-0.2, 0) is 20.1 Å². The van der Waals surface area contributed by atoms with Crippen molar-refractivity contribution in [2.24, 2.45) is 7.05 Å². The van der Waals surface area contributed by atoms with Gasteiger partial charge in [0.25, 0.3) is 0 Å². The molecule has 0 aliphatic heterocycles. The predicted octanol–water partition coefficient (Wildman–Crippen LogP) is 6.31. The standard InChI is InChI=1S/C30H27N3O2/c1-33-28(15-10-22-9-11-23-6-5-7-25(23)18-22)19-26(32-33)14-12-24-13-16-29(20-30(24)34-2)35-21-27-8-3-4-17-31-27/h3-6,8-20H,7,21H2,1-2H3/b14-12+,15-10+. The van der Waals surface area contributed by atoms with Crippen LogP contribution in [0.2, 0.25) is 0 Å². The summed E-state index contributed by atoms with van der Waals surface area (Å²) >= 11 is 0. The number of methoxy groups -OCH3 is 1. The number of pyridine rings is 1. The first-order valence-electron chi connectivity index (χ1n) is 11.6. The van der Waals surface area contributed by atoms with E-state index in [0.29, 0.717) is 6.61 Å². The van der Waals surface area contributed by atoms with E-state index in [9.17, 15) is 0 Å². The van der Waals surface area contributed by atoms with Gasteiger partial charge in [-0.05, 0) is 71.7 Å². The SMILES string of the molecule is COc1cc(OCc2ccccn2)ccc1/C=C/c1cc(/C=C/c2ccc3c(c2)CC=C3)n(C)n1. The van der Waals surface area contributed by atoms with Gasteiger partial charge in [-0.1, -0.05) is 42.5 Å². The summed E-state index contributed by atoms with van der Waals surface area (Å²) in [4.78, 5) is 4.29. The minimum Gasteiger partial charge on any atom is -0.496 e. The highest BCUT2D eigenvalue weighted by Gasteiger charge is 2.06. The van der Waals surface area contributed by atoms with Crippen LogP contribution in [0.25, 0.3) is 30.4 Å². The van der Waals surface area contributed by atoms with E-state index in [2.05, 4.69) is 58.7 Å². The lowest BCUT2D eigenvalue weighted by Crippen LogP contribution is -1.98. The third kappa shape index (κ3) is 5.41. The third-order valence-electron chi connectivity index (χ3n) is 5.94. The van der Waals surface area contributed by atoms with Crippen molar-refractivity contribution in [2.75, 3.05) is 7.11 Å². The molecule has 5 nitrogen and oxygen atoms in total. The van der Waals surface area contributed by atoms with Crippen molar-refractivity contribution < 1.29 is 9.47 Å². The molecule has 0 radical (unpaired) electrons. The molecule has 2 aromatic heterocycles. The van der Waals surface area contributed by atoms with E-state index in [0.717, 1.165) is 40.6 Å². The second kappa shape index (κ2) is 10.3. The first kappa shape index (κ1) is 22.4. The first-order valence-corrected chi connectivity index (χ1v) is 11.6. The molecule has 0 unspecified atom stereocenters. The largest absolute Gasteiger partial charge is 0.496 e. The summed E-state index contributed by atoms with van der Waals surface area (Å²) < 4.78 is 13.3. The number of benzene rings is 2. The van der Waals surface area contributed by atoms with Crippen molar-refractivity contribution in [3.05, 3.63) is 112 Å². The van der Waals surface area contributed by atoms with Crippen LogP contribution in [0, 0.1) is 0 Å². The van der Waals surface area contributed by atoms with Gasteiger partial charge in [0.05, 0.1) is 24.2 Å². The monoisotopic (exact) mass is 461 g/mol. The molecule has 35 heavy (non-hydrogen) atoms. The van der Waals surface area contributed by atoms with Gasteiger partial charge >= 0.3 is 0 Å². The van der Waals surface area contributed by atoms with E-state index in [1.807, 2.05) is 60.3 Å². The minimum atomic E-state index is 0.408. The molecule has 0 spiro atoms. The van der Waals surface area contributed by atoms with Crippen molar-refractivity contribution in [1.29, 1.82) is 0 Å². The number of ether oxygens (including phenoxy) is 2. The topological polar surface area (TPSA) is 49.2 Å². The highest BCUT2D eigenvalue weighted by atomic mass is 16.5. The molecule has 0 amide bonds. The van der Waals surface area contributed by atoms with Crippen LogP contribution in [0.1, 0.15) is 39.3 Å². The second-order valence-corrected chi connectivity index (χ2v) is 8.36. The fraction of sp³-hybridized carbons (Fsp3) is 0.133. The van der Waals surface area contributed by atoms with Crippen LogP contribution < -0.4 is 9.47 Å². The van der Waals surface area contributed by atoms with Gasteiger partial charge in [-0.3, -0.25) is 9.67 Å². The molecule has 4 aromatic rings. The molecule has 174 valence electrons. The van der Waals surface area contributed by atoms with Crippen molar-refractivity contribution in [3.8, 4) is 11.5 Å². The maximum atomic E-state index is 5.87. The molecule has 1 aliphatic rings. The van der Waals surface area contributed by atoms with E-state index in [4.69, 9.17) is 9.47 Å². The molecular weight excluding hydrogens is 434 g/mol. The Morgan fingerprint density at radius 1 is 0.971 bits per heavy atom. The fourth-order valence-electron chi connectivity index (χ4n) is 4.04. The highest BCUT2D eigenvalue weighted by Crippen LogP contribution is 2.27. The number of rotatable bonds is 8. The van der Waals surface area contributed by atoms with Crippen molar-refractivity contribution in [2.45, 2.75) is 13.0 Å². The van der Waals surface area contributed by atoms with Gasteiger partial charge in [-0.2, -0.15) is 5.10 Å². The average molecular weight is 462 g/mol. The lowest BCUT2D eigenvalue weighted by atomic mass is 10.1. The van der Waals surface area contributed by atoms with Gasteiger partial charge in [0.15, 0.2) is 0 Å². The van der Waals surface area contributed by atoms with Crippen LogP contribution in [0.15, 0.2) is 72.9 Å². The van der Waals surface area contributed by atoms with Gasteiger partial charge in [0.1, 0.15) is 18.1 Å². The highest BCUT2D eigenvalue weighted by molar-refractivity contribution is 5.75. The lowest BCUT2D eigenvalue weighted by molar-refractivity contribution is 0.299. The van der Waals surface area contributed by atoms with Crippen molar-refractivity contribution >= 4 is 30.4 Å². The van der Waals surface area contributed by atoms with Gasteiger partial charge in [-0.15, -0.1) is 0 Å². The Morgan fingerprint density at radius 3 is 2.77 bits per heavy atom. The number of fused-ring (bicyclic) bond motifs is 1. The number of hydrogen-bond donors (Lipinski definition) is 0. The van der Waals surface area contributed by atoms with Crippen LogP contribution in [0.5, 0.6) is 11.5 Å². The zero-order chi connectivity index (χ0) is 24.0. The lowest BCUT2D eigenvalue weighted by Gasteiger charge is -2.09. The van der Waals surface area contributed by atoms with Crippen molar-refractivity contribution in [1.82, 2.24) is 14.8 Å². The Kier molecular flexibility index (Phi) is 6.57. The second-order valence-electron chi connectivity index (χ2n) is 8.36. The Bertz CT molecular complexity index is 1420. The van der Waals surface area contributed by atoms with Crippen LogP contribution in [-0.4, -0.2) is 21.9 Å². The summed E-state index contributed by atoms with van der Waals surface area (Å²) in [7, 11) is 3.62. The van der Waals surface area contributed by atoms with Gasteiger partial charge in [0.2, 0.25) is 0 Å². The molecule has 0 saturated heterocycles. The third-order valence-corrected chi connectivity index (χ3v) is 5.94. The smallest absolute Gasteiger partial charge is 0.130 e. The van der Waals surface area contributed by atoms with E-state index in [-0.39, 0.29) is 0 Å². The fourth-order valence-corrected chi connectivity index (χ4v) is 4.04. The Labute approximate surface area is 205 Å². The van der Waals surface area contributed by atoms with Gasteiger partial charge in [-0.25, -0.2) is 0 Å². The quantitative estimate of drug-likeness (QED) is 0.308. The molecule has 5 heteroatoms. The number of nitrogens with zero attached hydrogens (tertiary/aromatic N) is 3. The summed E-state index contributed by atoms with van der Waals surface area (Å²) in [5.74, 6) is 1.47. The first-order chi connectivity index (χ1) is 17.2. The molecule has 5 rings (SSSR count). The van der Waals surface area contributed by atoms with E-state index in [1.165, 1.54) is 16.7 Å². The number of allylic oxidation sites excluding steroid dienone is 1. The Balaban J connectivity index is 1.27. The molecule has 2 aromatic carbocycles. The molecule has 2 heterocycles. The minimum absolute atomic E-state index is 0.408. The molecule has 1 aliphatic carbocycles. The summed E-state index contributed by atoms with van der Waals surface area (Å²) in [6.07, 6.45) is 15.4. The zero-order valence-electron chi connectivity index (χ0n) is 19.9. The maximum absolute atomic E-state index is 5.87. The summed E-state index contributed by atoms with van der Waals surface area (Å²) in [5, 5.41) is 4.63. The van der Waals surface area contributed by atoms with Gasteiger partial charge in [0, 0.05) is 24.9 Å². The molecule has 0 fully saturated rings. The Hall–Kier alpha value is -4.38. The normalized spacial score (nSPS) is 12.5. The van der Waals surface area contributed by atoms with E-state index >= 15 is 0 Å². The van der Waals surface area contributed by atoms with Crippen LogP contribution in [0.3, 0.4) is 0 Å².